The fraction of sp³-hybridized carbons (Fsp3) is 0.176. The van der Waals surface area contributed by atoms with Gasteiger partial charge in [-0.15, -0.1) is 0 Å². The largest absolute Gasteiger partial charge is 0.435 e. The lowest BCUT2D eigenvalue weighted by atomic mass is 10.3. The summed E-state index contributed by atoms with van der Waals surface area (Å²) in [5.74, 6) is -0.641. The van der Waals surface area contributed by atoms with Crippen LogP contribution in [0.25, 0.3) is 5.69 Å². The van der Waals surface area contributed by atoms with Crippen LogP contribution in [0.5, 0.6) is 0 Å². The number of alkyl halides is 3. The van der Waals surface area contributed by atoms with E-state index in [1.165, 1.54) is 10.9 Å². The molecule has 3 rings (SSSR count). The molecule has 0 radical (unpaired) electrons. The van der Waals surface area contributed by atoms with Gasteiger partial charge in [-0.1, -0.05) is 29.8 Å². The lowest BCUT2D eigenvalue weighted by molar-refractivity contribution is -0.141. The molecule has 1 amide bonds. The Kier molecular flexibility index (Phi) is 5.50. The monoisotopic (exact) mass is 410 g/mol. The smallest absolute Gasteiger partial charge is 0.271 e. The summed E-state index contributed by atoms with van der Waals surface area (Å²) in [6.07, 6.45) is -2.17. The maximum Gasteiger partial charge on any atom is 0.435 e. The molecule has 0 bridgehead atoms. The van der Waals surface area contributed by atoms with E-state index in [-0.39, 0.29) is 0 Å². The van der Waals surface area contributed by atoms with Crippen molar-refractivity contribution >= 4 is 23.7 Å². The average Bonchev–Trinajstić information content (AvgIpc) is 3.22. The number of nitrogens with one attached hydrogen (secondary N) is 1. The van der Waals surface area contributed by atoms with E-state index in [9.17, 15) is 18.0 Å². The van der Waals surface area contributed by atoms with E-state index in [1.54, 1.807) is 6.92 Å². The van der Waals surface area contributed by atoms with Crippen molar-refractivity contribution in [3.63, 3.8) is 0 Å². The van der Waals surface area contributed by atoms with Gasteiger partial charge in [0.05, 0.1) is 23.2 Å². The lowest BCUT2D eigenvalue weighted by Gasteiger charge is -2.02. The summed E-state index contributed by atoms with van der Waals surface area (Å²) in [6.45, 7) is 1.32. The summed E-state index contributed by atoms with van der Waals surface area (Å²) in [5, 5.41) is 11.7. The third kappa shape index (κ3) is 4.39. The number of para-hydroxylation sites is 1. The fourth-order valence-corrected chi connectivity index (χ4v) is 2.67. The predicted molar refractivity (Wildman–Crippen MR) is 96.3 cm³/mol. The van der Waals surface area contributed by atoms with Crippen LogP contribution in [0.1, 0.15) is 17.0 Å². The van der Waals surface area contributed by atoms with Crippen molar-refractivity contribution in [1.29, 1.82) is 0 Å². The van der Waals surface area contributed by atoms with E-state index in [2.05, 4.69) is 20.7 Å². The highest BCUT2D eigenvalue weighted by molar-refractivity contribution is 6.32. The van der Waals surface area contributed by atoms with Gasteiger partial charge in [-0.2, -0.15) is 28.5 Å². The van der Waals surface area contributed by atoms with E-state index in [0.717, 1.165) is 22.6 Å². The van der Waals surface area contributed by atoms with E-state index >= 15 is 0 Å². The Bertz CT molecular complexity index is 1010. The number of benzene rings is 1. The Morgan fingerprint density at radius 2 is 1.96 bits per heavy atom. The fourth-order valence-electron chi connectivity index (χ4n) is 2.35. The van der Waals surface area contributed by atoms with E-state index in [4.69, 9.17) is 11.6 Å². The highest BCUT2D eigenvalue weighted by Crippen LogP contribution is 2.27. The second-order valence-electron chi connectivity index (χ2n) is 5.73. The topological polar surface area (TPSA) is 77.1 Å². The number of aryl methyl sites for hydroxylation is 1. The standard InChI is InChI=1S/C17H14ClF3N6O/c1-11-13(16(18)27(24-11)12-5-3-2-4-6-12)9-22-23-15(28)10-26-8-7-14(25-26)17(19,20)21/h2-9H,10H2,1H3,(H,23,28)/b22-9-. The van der Waals surface area contributed by atoms with Gasteiger partial charge in [0.1, 0.15) is 11.7 Å². The number of carbonyl (C=O) groups excluding carboxylic acids is 1. The Labute approximate surface area is 162 Å². The molecule has 1 aromatic carbocycles. The molecule has 146 valence electrons. The summed E-state index contributed by atoms with van der Waals surface area (Å²) in [5.41, 5.74) is 3.01. The summed E-state index contributed by atoms with van der Waals surface area (Å²) in [4.78, 5) is 11.8. The molecule has 2 heterocycles. The van der Waals surface area contributed by atoms with Crippen molar-refractivity contribution in [2.75, 3.05) is 0 Å². The van der Waals surface area contributed by atoms with Crippen molar-refractivity contribution in [1.82, 2.24) is 25.0 Å². The van der Waals surface area contributed by atoms with Crippen LogP contribution in [0.4, 0.5) is 13.2 Å². The summed E-state index contributed by atoms with van der Waals surface area (Å²) in [6, 6.07) is 10.0. The first-order valence-electron chi connectivity index (χ1n) is 7.99. The van der Waals surface area contributed by atoms with Gasteiger partial charge in [-0.05, 0) is 25.1 Å². The second-order valence-corrected chi connectivity index (χ2v) is 6.08. The van der Waals surface area contributed by atoms with Crippen LogP contribution >= 0.6 is 11.6 Å². The maximum atomic E-state index is 12.5. The highest BCUT2D eigenvalue weighted by atomic mass is 35.5. The van der Waals surface area contributed by atoms with Crippen LogP contribution in [0.15, 0.2) is 47.7 Å². The molecular formula is C17H14ClF3N6O. The number of hydrazone groups is 1. The Hall–Kier alpha value is -3.14. The molecular weight excluding hydrogens is 397 g/mol. The zero-order valence-corrected chi connectivity index (χ0v) is 15.2. The summed E-state index contributed by atoms with van der Waals surface area (Å²) in [7, 11) is 0. The number of halogens is 4. The molecule has 0 aliphatic carbocycles. The minimum Gasteiger partial charge on any atom is -0.271 e. The Balaban J connectivity index is 1.65. The number of nitrogens with zero attached hydrogens (tertiary/aromatic N) is 5. The van der Waals surface area contributed by atoms with Gasteiger partial charge in [0, 0.05) is 6.20 Å². The maximum absolute atomic E-state index is 12.5. The minimum atomic E-state index is -4.56. The van der Waals surface area contributed by atoms with Gasteiger partial charge in [0.15, 0.2) is 5.69 Å². The van der Waals surface area contributed by atoms with E-state index < -0.39 is 24.3 Å². The molecule has 0 saturated heterocycles. The molecule has 0 aliphatic heterocycles. The van der Waals surface area contributed by atoms with Crippen LogP contribution in [-0.4, -0.2) is 31.7 Å². The number of aromatic nitrogens is 4. The first-order valence-corrected chi connectivity index (χ1v) is 8.36. The molecule has 3 aromatic rings. The molecule has 0 saturated carbocycles. The lowest BCUT2D eigenvalue weighted by Crippen LogP contribution is -2.23. The summed E-state index contributed by atoms with van der Waals surface area (Å²) >= 11 is 6.33. The number of carbonyl (C=O) groups is 1. The van der Waals surface area contributed by atoms with Gasteiger partial charge >= 0.3 is 6.18 Å². The van der Waals surface area contributed by atoms with Crippen LogP contribution in [-0.2, 0) is 17.5 Å². The van der Waals surface area contributed by atoms with E-state index in [1.807, 2.05) is 30.3 Å². The molecule has 0 atom stereocenters. The average molecular weight is 411 g/mol. The number of amides is 1. The third-order valence-electron chi connectivity index (χ3n) is 3.67. The van der Waals surface area contributed by atoms with Crippen molar-refractivity contribution in [2.24, 2.45) is 5.10 Å². The molecule has 28 heavy (non-hydrogen) atoms. The van der Waals surface area contributed by atoms with Crippen LogP contribution in [0.3, 0.4) is 0 Å². The third-order valence-corrected chi connectivity index (χ3v) is 4.03. The van der Waals surface area contributed by atoms with Crippen LogP contribution in [0.2, 0.25) is 5.15 Å². The van der Waals surface area contributed by atoms with Gasteiger partial charge in [-0.25, -0.2) is 10.1 Å². The minimum absolute atomic E-state index is 0.309. The van der Waals surface area contributed by atoms with Crippen molar-refractivity contribution in [3.05, 3.63) is 64.7 Å². The predicted octanol–water partition coefficient (Wildman–Crippen LogP) is 3.20. The van der Waals surface area contributed by atoms with Crippen LogP contribution in [0, 0.1) is 6.92 Å². The number of rotatable bonds is 5. The molecule has 11 heteroatoms. The van der Waals surface area contributed by atoms with E-state index in [0.29, 0.717) is 16.4 Å². The van der Waals surface area contributed by atoms with Crippen molar-refractivity contribution < 1.29 is 18.0 Å². The quantitative estimate of drug-likeness (QED) is 0.518. The Morgan fingerprint density at radius 1 is 1.25 bits per heavy atom. The van der Waals surface area contributed by atoms with Crippen molar-refractivity contribution in [2.45, 2.75) is 19.6 Å². The molecule has 0 unspecified atom stereocenters. The second kappa shape index (κ2) is 7.85. The van der Waals surface area contributed by atoms with Crippen LogP contribution < -0.4 is 5.43 Å². The van der Waals surface area contributed by atoms with Gasteiger partial charge in [-0.3, -0.25) is 9.48 Å². The molecule has 0 fully saturated rings. The number of hydrogen-bond donors (Lipinski definition) is 1. The Morgan fingerprint density at radius 3 is 2.61 bits per heavy atom. The molecule has 1 N–H and O–H groups in total. The zero-order chi connectivity index (χ0) is 20.3. The molecule has 0 aliphatic rings. The number of hydrogen-bond acceptors (Lipinski definition) is 4. The molecule has 7 nitrogen and oxygen atoms in total. The van der Waals surface area contributed by atoms with Gasteiger partial charge < -0.3 is 0 Å². The molecule has 0 spiro atoms. The first-order chi connectivity index (χ1) is 13.3. The van der Waals surface area contributed by atoms with Gasteiger partial charge in [0.25, 0.3) is 5.91 Å². The highest BCUT2D eigenvalue weighted by Gasteiger charge is 2.33. The first kappa shape index (κ1) is 19.6. The summed E-state index contributed by atoms with van der Waals surface area (Å²) < 4.78 is 39.9. The van der Waals surface area contributed by atoms with Crippen molar-refractivity contribution in [3.8, 4) is 5.69 Å². The zero-order valence-electron chi connectivity index (χ0n) is 14.5. The van der Waals surface area contributed by atoms with Gasteiger partial charge in [0.2, 0.25) is 0 Å². The SMILES string of the molecule is Cc1nn(-c2ccccc2)c(Cl)c1/C=N\NC(=O)Cn1ccc(C(F)(F)F)n1. The normalized spacial score (nSPS) is 11.9. The molecule has 2 aromatic heterocycles.